The van der Waals surface area contributed by atoms with Crippen LogP contribution in [0.1, 0.15) is 37.3 Å². The number of halogens is 3. The van der Waals surface area contributed by atoms with Crippen molar-refractivity contribution in [2.24, 2.45) is 5.73 Å². The van der Waals surface area contributed by atoms with Crippen LogP contribution in [0.3, 0.4) is 0 Å². The normalized spacial score (nSPS) is 19.4. The first-order valence-corrected chi connectivity index (χ1v) is 15.0. The predicted octanol–water partition coefficient (Wildman–Crippen LogP) is 2.80. The molecule has 0 unspecified atom stereocenters. The molecule has 43 heavy (non-hydrogen) atoms. The van der Waals surface area contributed by atoms with Gasteiger partial charge in [0.05, 0.1) is 15.7 Å². The fraction of sp³-hybridized carbons (Fsp3) is 0.467. The van der Waals surface area contributed by atoms with Crippen molar-refractivity contribution in [1.29, 1.82) is 0 Å². The molecule has 4 amide bonds. The summed E-state index contributed by atoms with van der Waals surface area (Å²) < 4.78 is 14.6. The van der Waals surface area contributed by atoms with Crippen molar-refractivity contribution in [3.63, 3.8) is 0 Å². The third kappa shape index (κ3) is 7.83. The Labute approximate surface area is 260 Å². The molecule has 13 heteroatoms. The van der Waals surface area contributed by atoms with E-state index in [9.17, 15) is 23.6 Å². The van der Waals surface area contributed by atoms with Crippen LogP contribution in [-0.4, -0.2) is 89.7 Å². The molecule has 0 saturated carbocycles. The topological polar surface area (TPSA) is 128 Å². The minimum absolute atomic E-state index is 0.00824. The Morgan fingerprint density at radius 1 is 1.05 bits per heavy atom. The fourth-order valence-electron chi connectivity index (χ4n) is 5.36. The third-order valence-electron chi connectivity index (χ3n) is 8.12. The SMILES string of the molecule is C[C@H]1CN(C(=O)CCC(=O)N2Cc3ccccc3C[C@H]2C(=O)N[C@@H](CCN)C(=O)Nc2ccc(Cl)c(Cl)c2F)CCN1C. The summed E-state index contributed by atoms with van der Waals surface area (Å²) in [6, 6.07) is 8.33. The number of nitrogens with two attached hydrogens (primary N) is 1. The first kappa shape index (κ1) is 32.7. The molecule has 10 nitrogen and oxygen atoms in total. The Balaban J connectivity index is 1.47. The molecule has 4 rings (SSSR count). The molecule has 2 aliphatic heterocycles. The lowest BCUT2D eigenvalue weighted by Gasteiger charge is -2.38. The number of amides is 4. The van der Waals surface area contributed by atoms with Gasteiger partial charge in [-0.05, 0) is 50.2 Å². The number of likely N-dealkylation sites (N-methyl/N-ethyl adjacent to an activating group) is 1. The predicted molar refractivity (Wildman–Crippen MR) is 163 cm³/mol. The average Bonchev–Trinajstić information content (AvgIpc) is 3.00. The van der Waals surface area contributed by atoms with Gasteiger partial charge in [0.1, 0.15) is 12.1 Å². The van der Waals surface area contributed by atoms with Gasteiger partial charge in [-0.2, -0.15) is 0 Å². The number of fused-ring (bicyclic) bond motifs is 1. The third-order valence-corrected chi connectivity index (χ3v) is 8.90. The van der Waals surface area contributed by atoms with Gasteiger partial charge >= 0.3 is 0 Å². The molecule has 2 aromatic rings. The second-order valence-corrected chi connectivity index (χ2v) is 11.8. The van der Waals surface area contributed by atoms with Crippen LogP contribution in [0, 0.1) is 5.82 Å². The summed E-state index contributed by atoms with van der Waals surface area (Å²) in [4.78, 5) is 58.6. The van der Waals surface area contributed by atoms with Gasteiger partial charge in [-0.15, -0.1) is 0 Å². The van der Waals surface area contributed by atoms with Gasteiger partial charge < -0.3 is 31.1 Å². The lowest BCUT2D eigenvalue weighted by Crippen LogP contribution is -2.56. The molecule has 0 aliphatic carbocycles. The van der Waals surface area contributed by atoms with Crippen LogP contribution in [0.2, 0.25) is 10.0 Å². The van der Waals surface area contributed by atoms with Crippen LogP contribution in [0.25, 0.3) is 0 Å². The molecule has 232 valence electrons. The number of carbonyl (C=O) groups excluding carboxylic acids is 4. The maximum Gasteiger partial charge on any atom is 0.247 e. The number of nitrogens with zero attached hydrogens (tertiary/aromatic N) is 3. The summed E-state index contributed by atoms with van der Waals surface area (Å²) in [5.41, 5.74) is 7.35. The molecule has 0 aromatic heterocycles. The van der Waals surface area contributed by atoms with Crippen LogP contribution in [0.5, 0.6) is 0 Å². The highest BCUT2D eigenvalue weighted by Crippen LogP contribution is 2.30. The number of hydrogen-bond donors (Lipinski definition) is 3. The van der Waals surface area contributed by atoms with E-state index in [-0.39, 0.29) is 72.4 Å². The molecule has 3 atom stereocenters. The van der Waals surface area contributed by atoms with E-state index in [1.807, 2.05) is 31.3 Å². The van der Waals surface area contributed by atoms with E-state index in [0.29, 0.717) is 13.1 Å². The first-order valence-electron chi connectivity index (χ1n) is 14.3. The minimum Gasteiger partial charge on any atom is -0.342 e. The number of nitrogens with one attached hydrogen (secondary N) is 2. The van der Waals surface area contributed by atoms with E-state index in [0.717, 1.165) is 17.7 Å². The number of rotatable bonds is 9. The molecular weight excluding hydrogens is 598 g/mol. The molecule has 0 spiro atoms. The average molecular weight is 636 g/mol. The van der Waals surface area contributed by atoms with E-state index >= 15 is 0 Å². The van der Waals surface area contributed by atoms with Crippen LogP contribution >= 0.6 is 23.2 Å². The smallest absolute Gasteiger partial charge is 0.247 e. The van der Waals surface area contributed by atoms with Gasteiger partial charge in [0.25, 0.3) is 0 Å². The zero-order valence-corrected chi connectivity index (χ0v) is 25.8. The Morgan fingerprint density at radius 3 is 2.44 bits per heavy atom. The summed E-state index contributed by atoms with van der Waals surface area (Å²) in [6.07, 6.45) is 0.287. The van der Waals surface area contributed by atoms with Crippen molar-refractivity contribution in [1.82, 2.24) is 20.0 Å². The van der Waals surface area contributed by atoms with Crippen molar-refractivity contribution in [3.8, 4) is 0 Å². The van der Waals surface area contributed by atoms with Gasteiger partial charge in [0.15, 0.2) is 5.82 Å². The lowest BCUT2D eigenvalue weighted by atomic mass is 9.92. The molecular formula is C30H37Cl2FN6O4. The lowest BCUT2D eigenvalue weighted by molar-refractivity contribution is -0.144. The second-order valence-electron chi connectivity index (χ2n) is 11.0. The van der Waals surface area contributed by atoms with Gasteiger partial charge in [0, 0.05) is 51.5 Å². The van der Waals surface area contributed by atoms with Crippen molar-refractivity contribution >= 4 is 52.5 Å². The van der Waals surface area contributed by atoms with Gasteiger partial charge in [-0.25, -0.2) is 4.39 Å². The molecule has 2 aromatic carbocycles. The van der Waals surface area contributed by atoms with E-state index in [4.69, 9.17) is 28.9 Å². The summed E-state index contributed by atoms with van der Waals surface area (Å²) in [5.74, 6) is -2.58. The summed E-state index contributed by atoms with van der Waals surface area (Å²) >= 11 is 11.7. The zero-order valence-electron chi connectivity index (χ0n) is 24.2. The number of anilines is 1. The van der Waals surface area contributed by atoms with Crippen LogP contribution in [0.4, 0.5) is 10.1 Å². The Morgan fingerprint density at radius 2 is 1.74 bits per heavy atom. The maximum absolute atomic E-state index is 14.6. The molecule has 1 fully saturated rings. The number of piperazine rings is 1. The highest BCUT2D eigenvalue weighted by atomic mass is 35.5. The van der Waals surface area contributed by atoms with Crippen LogP contribution in [-0.2, 0) is 32.1 Å². The highest BCUT2D eigenvalue weighted by Gasteiger charge is 2.36. The summed E-state index contributed by atoms with van der Waals surface area (Å²) in [5, 5.41) is 4.80. The molecule has 2 heterocycles. The Kier molecular flexibility index (Phi) is 11.0. The second kappa shape index (κ2) is 14.5. The zero-order chi connectivity index (χ0) is 31.3. The summed E-state index contributed by atoms with van der Waals surface area (Å²) in [7, 11) is 2.02. The van der Waals surface area contributed by atoms with Crippen molar-refractivity contribution in [3.05, 3.63) is 63.4 Å². The Hall–Kier alpha value is -3.25. The van der Waals surface area contributed by atoms with Crippen LogP contribution in [0.15, 0.2) is 36.4 Å². The Bertz CT molecular complexity index is 1380. The molecule has 0 bridgehead atoms. The molecule has 2 aliphatic rings. The van der Waals surface area contributed by atoms with E-state index < -0.39 is 29.7 Å². The van der Waals surface area contributed by atoms with Gasteiger partial charge in [-0.3, -0.25) is 19.2 Å². The molecule has 4 N–H and O–H groups in total. The van der Waals surface area contributed by atoms with Gasteiger partial charge in [-0.1, -0.05) is 47.5 Å². The highest BCUT2D eigenvalue weighted by molar-refractivity contribution is 6.42. The minimum atomic E-state index is -1.11. The quantitative estimate of drug-likeness (QED) is 0.364. The molecule has 0 radical (unpaired) electrons. The van der Waals surface area contributed by atoms with Crippen LogP contribution < -0.4 is 16.4 Å². The van der Waals surface area contributed by atoms with Crippen molar-refractivity contribution in [2.75, 3.05) is 38.5 Å². The van der Waals surface area contributed by atoms with E-state index in [1.165, 1.54) is 17.0 Å². The standard InChI is InChI=1S/C30H37Cl2FN6O4/c1-18-16-38(14-13-37(18)2)25(40)9-10-26(41)39-17-20-6-4-3-5-19(20)15-24(39)30(43)36-23(11-12-34)29(42)35-22-8-7-21(31)27(32)28(22)33/h3-8,18,23-24H,9-17,34H2,1-2H3,(H,35,42)(H,36,43)/t18-,23-,24-/m0/s1. The first-order chi connectivity index (χ1) is 20.5. The maximum atomic E-state index is 14.6. The van der Waals surface area contributed by atoms with Crippen molar-refractivity contribution in [2.45, 2.75) is 57.3 Å². The monoisotopic (exact) mass is 634 g/mol. The number of hydrogen-bond acceptors (Lipinski definition) is 6. The van der Waals surface area contributed by atoms with E-state index in [1.54, 1.807) is 4.90 Å². The number of benzene rings is 2. The van der Waals surface area contributed by atoms with E-state index in [2.05, 4.69) is 22.5 Å². The number of carbonyl (C=O) groups is 4. The van der Waals surface area contributed by atoms with Gasteiger partial charge in [0.2, 0.25) is 23.6 Å². The largest absolute Gasteiger partial charge is 0.342 e. The summed E-state index contributed by atoms with van der Waals surface area (Å²) in [6.45, 7) is 4.27. The van der Waals surface area contributed by atoms with Crippen molar-refractivity contribution < 1.29 is 23.6 Å². The molecule has 1 saturated heterocycles. The fourth-order valence-corrected chi connectivity index (χ4v) is 5.67.